The molecule has 5 nitrogen and oxygen atoms in total. The van der Waals surface area contributed by atoms with Gasteiger partial charge in [-0.15, -0.1) is 12.4 Å². The quantitative estimate of drug-likeness (QED) is 0.814. The summed E-state index contributed by atoms with van der Waals surface area (Å²) in [4.78, 5) is 12.5. The molecule has 1 amide bonds. The lowest BCUT2D eigenvalue weighted by atomic mass is 9.79. The van der Waals surface area contributed by atoms with E-state index in [0.29, 0.717) is 44.2 Å². The molecule has 3 N–H and O–H groups in total. The van der Waals surface area contributed by atoms with Crippen molar-refractivity contribution in [2.45, 2.75) is 18.9 Å². The molecule has 1 fully saturated rings. The van der Waals surface area contributed by atoms with Crippen LogP contribution in [-0.2, 0) is 14.3 Å². The minimum atomic E-state index is -0.523. The molecule has 1 aromatic carbocycles. The van der Waals surface area contributed by atoms with E-state index in [0.717, 1.165) is 5.56 Å². The number of nitrogens with two attached hydrogens (primary N) is 1. The van der Waals surface area contributed by atoms with Gasteiger partial charge < -0.3 is 20.5 Å². The van der Waals surface area contributed by atoms with Gasteiger partial charge in [0.1, 0.15) is 0 Å². The van der Waals surface area contributed by atoms with Crippen LogP contribution in [0.25, 0.3) is 0 Å². The third kappa shape index (κ3) is 5.06. The van der Waals surface area contributed by atoms with Crippen LogP contribution in [0.4, 0.5) is 0 Å². The molecule has 1 unspecified atom stereocenters. The standard InChI is InChI=1S/C16H23ClN2O3.ClH/c1-21-14(12-3-2-4-13(17)9-12)10-19-15(20)16(11-18)5-7-22-8-6-16;/h2-4,9,14H,5-8,10-11,18H2,1H3,(H,19,20);1H. The Morgan fingerprint density at radius 1 is 1.48 bits per heavy atom. The van der Waals surface area contributed by atoms with Crippen molar-refractivity contribution < 1.29 is 14.3 Å². The number of ether oxygens (including phenoxy) is 2. The average molecular weight is 363 g/mol. The predicted octanol–water partition coefficient (Wildman–Crippen LogP) is 2.32. The molecule has 1 aliphatic rings. The van der Waals surface area contributed by atoms with Crippen LogP contribution < -0.4 is 11.1 Å². The molecule has 0 bridgehead atoms. The van der Waals surface area contributed by atoms with Crippen LogP contribution in [0.3, 0.4) is 0 Å². The van der Waals surface area contributed by atoms with Gasteiger partial charge in [-0.3, -0.25) is 4.79 Å². The molecule has 0 aliphatic carbocycles. The fourth-order valence-corrected chi connectivity index (χ4v) is 2.90. The lowest BCUT2D eigenvalue weighted by Crippen LogP contribution is -2.50. The highest BCUT2D eigenvalue weighted by Crippen LogP contribution is 2.30. The molecule has 2 rings (SSSR count). The van der Waals surface area contributed by atoms with Crippen LogP contribution in [-0.4, -0.2) is 39.3 Å². The Hall–Kier alpha value is -0.850. The first kappa shape index (κ1) is 20.2. The molecule has 1 aromatic rings. The Balaban J connectivity index is 0.00000264. The molecule has 130 valence electrons. The highest BCUT2D eigenvalue weighted by molar-refractivity contribution is 6.30. The van der Waals surface area contributed by atoms with E-state index in [1.165, 1.54) is 0 Å². The summed E-state index contributed by atoms with van der Waals surface area (Å²) in [6.07, 6.45) is 1.08. The second kappa shape index (κ2) is 9.45. The van der Waals surface area contributed by atoms with E-state index in [9.17, 15) is 4.79 Å². The topological polar surface area (TPSA) is 73.6 Å². The number of rotatable bonds is 6. The van der Waals surface area contributed by atoms with E-state index in [4.69, 9.17) is 26.8 Å². The van der Waals surface area contributed by atoms with E-state index in [-0.39, 0.29) is 24.4 Å². The summed E-state index contributed by atoms with van der Waals surface area (Å²) < 4.78 is 10.8. The Morgan fingerprint density at radius 3 is 2.74 bits per heavy atom. The van der Waals surface area contributed by atoms with E-state index in [2.05, 4.69) is 5.32 Å². The molecule has 1 aliphatic heterocycles. The molecule has 1 heterocycles. The number of amides is 1. The number of hydrogen-bond donors (Lipinski definition) is 2. The smallest absolute Gasteiger partial charge is 0.227 e. The van der Waals surface area contributed by atoms with Gasteiger partial charge in [0.2, 0.25) is 5.91 Å². The van der Waals surface area contributed by atoms with Crippen molar-refractivity contribution in [3.8, 4) is 0 Å². The van der Waals surface area contributed by atoms with Crippen molar-refractivity contribution in [2.75, 3.05) is 33.4 Å². The summed E-state index contributed by atoms with van der Waals surface area (Å²) >= 11 is 6.00. The second-order valence-corrected chi connectivity index (χ2v) is 6.02. The predicted molar refractivity (Wildman–Crippen MR) is 93.0 cm³/mol. The number of methoxy groups -OCH3 is 1. The molecular formula is C16H24Cl2N2O3. The van der Waals surface area contributed by atoms with Crippen molar-refractivity contribution in [2.24, 2.45) is 11.1 Å². The Bertz CT molecular complexity index is 508. The normalized spacial score (nSPS) is 17.9. The summed E-state index contributed by atoms with van der Waals surface area (Å²) in [6, 6.07) is 7.45. The van der Waals surface area contributed by atoms with Crippen molar-refractivity contribution in [1.29, 1.82) is 0 Å². The number of hydrogen-bond acceptors (Lipinski definition) is 4. The molecule has 1 saturated heterocycles. The summed E-state index contributed by atoms with van der Waals surface area (Å²) in [5, 5.41) is 3.62. The van der Waals surface area contributed by atoms with Gasteiger partial charge in [0.15, 0.2) is 0 Å². The minimum absolute atomic E-state index is 0. The largest absolute Gasteiger partial charge is 0.381 e. The van der Waals surface area contributed by atoms with Crippen LogP contribution in [0, 0.1) is 5.41 Å². The summed E-state index contributed by atoms with van der Waals surface area (Å²) in [6.45, 7) is 1.87. The van der Waals surface area contributed by atoms with Gasteiger partial charge in [-0.2, -0.15) is 0 Å². The van der Waals surface area contributed by atoms with Crippen molar-refractivity contribution >= 4 is 29.9 Å². The first-order chi connectivity index (χ1) is 10.6. The number of carbonyl (C=O) groups excluding carboxylic acids is 1. The van der Waals surface area contributed by atoms with Crippen LogP contribution in [0.2, 0.25) is 5.02 Å². The molecule has 1 atom stereocenters. The maximum absolute atomic E-state index is 12.5. The third-order valence-corrected chi connectivity index (χ3v) is 4.51. The van der Waals surface area contributed by atoms with Crippen LogP contribution in [0.5, 0.6) is 0 Å². The zero-order valence-corrected chi connectivity index (χ0v) is 14.8. The molecule has 0 radical (unpaired) electrons. The average Bonchev–Trinajstić information content (AvgIpc) is 2.56. The van der Waals surface area contributed by atoms with E-state index >= 15 is 0 Å². The van der Waals surface area contributed by atoms with Crippen molar-refractivity contribution in [1.82, 2.24) is 5.32 Å². The van der Waals surface area contributed by atoms with Gasteiger partial charge in [0.05, 0.1) is 11.5 Å². The Kier molecular flexibility index (Phi) is 8.29. The zero-order valence-electron chi connectivity index (χ0n) is 13.2. The van der Waals surface area contributed by atoms with Crippen molar-refractivity contribution in [3.05, 3.63) is 34.9 Å². The summed E-state index contributed by atoms with van der Waals surface area (Å²) in [5.41, 5.74) is 6.26. The van der Waals surface area contributed by atoms with E-state index in [1.807, 2.05) is 24.3 Å². The van der Waals surface area contributed by atoms with E-state index in [1.54, 1.807) is 7.11 Å². The van der Waals surface area contributed by atoms with Crippen LogP contribution in [0.1, 0.15) is 24.5 Å². The molecular weight excluding hydrogens is 339 g/mol. The first-order valence-electron chi connectivity index (χ1n) is 7.46. The highest BCUT2D eigenvalue weighted by Gasteiger charge is 2.38. The second-order valence-electron chi connectivity index (χ2n) is 5.59. The Labute approximate surface area is 148 Å². The maximum atomic E-state index is 12.5. The molecule has 0 saturated carbocycles. The van der Waals surface area contributed by atoms with Gasteiger partial charge >= 0.3 is 0 Å². The lowest BCUT2D eigenvalue weighted by molar-refractivity contribution is -0.136. The SMILES string of the molecule is COC(CNC(=O)C1(CN)CCOCC1)c1cccc(Cl)c1.Cl. The van der Waals surface area contributed by atoms with Gasteiger partial charge in [0.25, 0.3) is 0 Å². The molecule has 0 aromatic heterocycles. The number of carbonyl (C=O) groups is 1. The first-order valence-corrected chi connectivity index (χ1v) is 7.83. The zero-order chi connectivity index (χ0) is 16.0. The fraction of sp³-hybridized carbons (Fsp3) is 0.562. The van der Waals surface area contributed by atoms with Gasteiger partial charge in [-0.1, -0.05) is 23.7 Å². The maximum Gasteiger partial charge on any atom is 0.227 e. The van der Waals surface area contributed by atoms with E-state index < -0.39 is 5.41 Å². The molecule has 7 heteroatoms. The molecule has 0 spiro atoms. The number of nitrogens with one attached hydrogen (secondary N) is 1. The third-order valence-electron chi connectivity index (χ3n) is 4.28. The van der Waals surface area contributed by atoms with Gasteiger partial charge in [0, 0.05) is 38.4 Å². The minimum Gasteiger partial charge on any atom is -0.381 e. The van der Waals surface area contributed by atoms with Crippen LogP contribution in [0.15, 0.2) is 24.3 Å². The monoisotopic (exact) mass is 362 g/mol. The summed E-state index contributed by atoms with van der Waals surface area (Å²) in [5.74, 6) is -0.0256. The van der Waals surface area contributed by atoms with Crippen LogP contribution >= 0.6 is 24.0 Å². The fourth-order valence-electron chi connectivity index (χ4n) is 2.70. The Morgan fingerprint density at radius 2 is 2.17 bits per heavy atom. The van der Waals surface area contributed by atoms with Gasteiger partial charge in [-0.05, 0) is 30.5 Å². The number of halogens is 2. The molecule has 23 heavy (non-hydrogen) atoms. The van der Waals surface area contributed by atoms with Crippen molar-refractivity contribution in [3.63, 3.8) is 0 Å². The number of benzene rings is 1. The highest BCUT2D eigenvalue weighted by atomic mass is 35.5. The van der Waals surface area contributed by atoms with Gasteiger partial charge in [-0.25, -0.2) is 0 Å². The lowest BCUT2D eigenvalue weighted by Gasteiger charge is -2.35. The summed E-state index contributed by atoms with van der Waals surface area (Å²) in [7, 11) is 1.62.